The average molecular weight is 690 g/mol. The van der Waals surface area contributed by atoms with E-state index in [1.165, 1.54) is 116 Å². The van der Waals surface area contributed by atoms with E-state index in [4.69, 9.17) is 9.05 Å². The van der Waals surface area contributed by atoms with Gasteiger partial charge in [-0.1, -0.05) is 161 Å². The van der Waals surface area contributed by atoms with Crippen LogP contribution in [0, 0.1) is 0 Å². The minimum absolute atomic E-state index is 0.0642. The van der Waals surface area contributed by atoms with Gasteiger partial charge in [0.05, 0.1) is 39.9 Å². The zero-order valence-electron chi connectivity index (χ0n) is 31.5. The lowest BCUT2D eigenvalue weighted by atomic mass is 10.0. The van der Waals surface area contributed by atoms with Crippen molar-refractivity contribution in [3.8, 4) is 0 Å². The minimum atomic E-state index is -4.32. The van der Waals surface area contributed by atoms with Crippen LogP contribution in [0.25, 0.3) is 0 Å². The van der Waals surface area contributed by atoms with E-state index >= 15 is 0 Å². The maximum atomic E-state index is 12.8. The van der Waals surface area contributed by atoms with Crippen molar-refractivity contribution < 1.29 is 32.9 Å². The molecule has 1 amide bonds. The van der Waals surface area contributed by atoms with Crippen molar-refractivity contribution in [1.29, 1.82) is 0 Å². The molecule has 47 heavy (non-hydrogen) atoms. The van der Waals surface area contributed by atoms with E-state index in [1.54, 1.807) is 6.08 Å². The summed E-state index contributed by atoms with van der Waals surface area (Å²) in [6, 6.07) is -0.837. The van der Waals surface area contributed by atoms with E-state index < -0.39 is 20.0 Å². The highest BCUT2D eigenvalue weighted by molar-refractivity contribution is 7.47. The van der Waals surface area contributed by atoms with Crippen LogP contribution in [0.2, 0.25) is 0 Å². The van der Waals surface area contributed by atoms with E-state index in [9.17, 15) is 19.4 Å². The summed E-state index contributed by atoms with van der Waals surface area (Å²) in [5, 5.41) is 13.7. The summed E-state index contributed by atoms with van der Waals surface area (Å²) in [5.41, 5.74) is 0. The summed E-state index contributed by atoms with van der Waals surface area (Å²) < 4.78 is 23.4. The second-order valence-electron chi connectivity index (χ2n) is 14.7. The fraction of sp³-hybridized carbons (Fsp3) is 0.921. The first-order chi connectivity index (χ1) is 22.5. The monoisotopic (exact) mass is 690 g/mol. The predicted octanol–water partition coefficient (Wildman–Crippen LogP) is 10.0. The molecule has 0 rings (SSSR count). The molecule has 0 aromatic heterocycles. The van der Waals surface area contributed by atoms with Gasteiger partial charge in [-0.2, -0.15) is 0 Å². The van der Waals surface area contributed by atoms with Crippen molar-refractivity contribution in [3.05, 3.63) is 12.2 Å². The molecule has 8 nitrogen and oxygen atoms in total. The van der Waals surface area contributed by atoms with Crippen molar-refractivity contribution in [1.82, 2.24) is 5.32 Å². The standard InChI is InChI=1S/C38H77N2O6P/c1-6-8-10-12-14-16-18-19-20-22-23-25-27-29-31-37(41)36(35-46-47(43,44)45-34-33-40(3,4)5)39-38(42)32-30-28-26-24-21-17-15-13-11-9-7-2/h29,31,36-37,41H,6-28,30,32-35H2,1-5H3,(H-,39,42,43,44)/p+1/b31-29+. The molecule has 0 radical (unpaired) electrons. The molecule has 3 atom stereocenters. The van der Waals surface area contributed by atoms with Gasteiger partial charge in [-0.15, -0.1) is 0 Å². The number of aliphatic hydroxyl groups excluding tert-OH is 1. The molecule has 0 bridgehead atoms. The average Bonchev–Trinajstić information content (AvgIpc) is 3.01. The van der Waals surface area contributed by atoms with Gasteiger partial charge in [0.25, 0.3) is 0 Å². The third kappa shape index (κ3) is 33.5. The molecule has 280 valence electrons. The number of unbranched alkanes of at least 4 members (excludes halogenated alkanes) is 22. The largest absolute Gasteiger partial charge is 0.472 e. The highest BCUT2D eigenvalue weighted by Gasteiger charge is 2.27. The van der Waals surface area contributed by atoms with Gasteiger partial charge in [-0.05, 0) is 19.3 Å². The summed E-state index contributed by atoms with van der Waals surface area (Å²) in [5.74, 6) is -0.179. The van der Waals surface area contributed by atoms with Gasteiger partial charge >= 0.3 is 7.82 Å². The highest BCUT2D eigenvalue weighted by Crippen LogP contribution is 2.43. The van der Waals surface area contributed by atoms with Gasteiger partial charge in [0.2, 0.25) is 5.91 Å². The molecule has 0 aromatic carbocycles. The van der Waals surface area contributed by atoms with Crippen LogP contribution in [0.15, 0.2) is 12.2 Å². The first-order valence-electron chi connectivity index (χ1n) is 19.6. The lowest BCUT2D eigenvalue weighted by molar-refractivity contribution is -0.870. The number of rotatable bonds is 35. The minimum Gasteiger partial charge on any atom is -0.387 e. The van der Waals surface area contributed by atoms with Crippen molar-refractivity contribution in [2.75, 3.05) is 40.9 Å². The van der Waals surface area contributed by atoms with E-state index in [0.29, 0.717) is 17.4 Å². The number of nitrogens with zero attached hydrogens (tertiary/aromatic N) is 1. The molecule has 0 aromatic rings. The van der Waals surface area contributed by atoms with E-state index in [2.05, 4.69) is 19.2 Å². The molecule has 0 spiro atoms. The second-order valence-corrected chi connectivity index (χ2v) is 16.1. The third-order valence-corrected chi connectivity index (χ3v) is 9.74. The van der Waals surface area contributed by atoms with Crippen molar-refractivity contribution >= 4 is 13.7 Å². The number of aliphatic hydroxyl groups is 1. The molecular weight excluding hydrogens is 611 g/mol. The number of likely N-dealkylation sites (N-methyl/N-ethyl adjacent to an activating group) is 1. The van der Waals surface area contributed by atoms with Gasteiger partial charge in [-0.3, -0.25) is 13.8 Å². The third-order valence-electron chi connectivity index (χ3n) is 8.76. The Morgan fingerprint density at radius 2 is 1.13 bits per heavy atom. The van der Waals surface area contributed by atoms with E-state index in [-0.39, 0.29) is 19.1 Å². The molecule has 0 aliphatic heterocycles. The Morgan fingerprint density at radius 1 is 0.702 bits per heavy atom. The number of carbonyl (C=O) groups excluding carboxylic acids is 1. The van der Waals surface area contributed by atoms with Gasteiger partial charge in [0.1, 0.15) is 13.2 Å². The first kappa shape index (κ1) is 46.2. The quantitative estimate of drug-likeness (QED) is 0.0265. The second kappa shape index (κ2) is 31.2. The van der Waals surface area contributed by atoms with Crippen molar-refractivity contribution in [2.45, 2.75) is 187 Å². The number of amides is 1. The van der Waals surface area contributed by atoms with E-state index in [1.807, 2.05) is 27.2 Å². The number of quaternary nitrogens is 1. The van der Waals surface area contributed by atoms with Crippen LogP contribution in [0.1, 0.15) is 174 Å². The number of carbonyl (C=O) groups is 1. The fourth-order valence-electron chi connectivity index (χ4n) is 5.57. The fourth-order valence-corrected chi connectivity index (χ4v) is 6.31. The Bertz CT molecular complexity index is 789. The molecule has 9 heteroatoms. The lowest BCUT2D eigenvalue weighted by Crippen LogP contribution is -2.45. The predicted molar refractivity (Wildman–Crippen MR) is 198 cm³/mol. The maximum Gasteiger partial charge on any atom is 0.472 e. The Hall–Kier alpha value is -0.760. The lowest BCUT2D eigenvalue weighted by Gasteiger charge is -2.25. The summed E-state index contributed by atoms with van der Waals surface area (Å²) in [6.45, 7) is 4.79. The Morgan fingerprint density at radius 3 is 1.57 bits per heavy atom. The summed E-state index contributed by atoms with van der Waals surface area (Å²) in [7, 11) is 1.58. The maximum absolute atomic E-state index is 12.8. The van der Waals surface area contributed by atoms with Gasteiger partial charge in [-0.25, -0.2) is 4.57 Å². The van der Waals surface area contributed by atoms with E-state index in [0.717, 1.165) is 38.5 Å². The van der Waals surface area contributed by atoms with Crippen LogP contribution in [-0.2, 0) is 18.4 Å². The van der Waals surface area contributed by atoms with Crippen LogP contribution < -0.4 is 5.32 Å². The Kier molecular flexibility index (Phi) is 30.7. The van der Waals surface area contributed by atoms with Crippen LogP contribution in [0.3, 0.4) is 0 Å². The zero-order chi connectivity index (χ0) is 35.1. The first-order valence-corrected chi connectivity index (χ1v) is 21.1. The molecule has 0 aliphatic carbocycles. The van der Waals surface area contributed by atoms with Crippen LogP contribution >= 0.6 is 7.82 Å². The summed E-state index contributed by atoms with van der Waals surface area (Å²) in [6.07, 6.45) is 32.7. The number of allylic oxidation sites excluding steroid dienone is 1. The molecule has 0 saturated heterocycles. The summed E-state index contributed by atoms with van der Waals surface area (Å²) >= 11 is 0. The zero-order valence-corrected chi connectivity index (χ0v) is 32.4. The molecule has 3 unspecified atom stereocenters. The van der Waals surface area contributed by atoms with Crippen LogP contribution in [-0.4, -0.2) is 73.4 Å². The number of hydrogen-bond donors (Lipinski definition) is 3. The molecule has 0 heterocycles. The molecule has 0 saturated carbocycles. The van der Waals surface area contributed by atoms with Crippen molar-refractivity contribution in [2.24, 2.45) is 0 Å². The van der Waals surface area contributed by atoms with Gasteiger partial charge in [0.15, 0.2) is 0 Å². The van der Waals surface area contributed by atoms with Crippen molar-refractivity contribution in [3.63, 3.8) is 0 Å². The normalized spacial score (nSPS) is 14.8. The van der Waals surface area contributed by atoms with Gasteiger partial charge in [0, 0.05) is 6.42 Å². The number of phosphoric ester groups is 1. The molecular formula is C38H78N2O6P+. The number of phosphoric acid groups is 1. The van der Waals surface area contributed by atoms with Gasteiger partial charge < -0.3 is 19.8 Å². The number of nitrogens with one attached hydrogen (secondary N) is 1. The molecule has 0 fully saturated rings. The highest BCUT2D eigenvalue weighted by atomic mass is 31.2. The topological polar surface area (TPSA) is 105 Å². The SMILES string of the molecule is CCCCCCCCCCCCCC/C=C/C(O)C(COP(=O)(O)OCC[N+](C)(C)C)NC(=O)CCCCCCCCCCCCC. The Labute approximate surface area is 291 Å². The molecule has 3 N–H and O–H groups in total. The van der Waals surface area contributed by atoms with Crippen LogP contribution in [0.4, 0.5) is 0 Å². The summed E-state index contributed by atoms with van der Waals surface area (Å²) in [4.78, 5) is 23.0. The smallest absolute Gasteiger partial charge is 0.387 e. The number of hydrogen-bond acceptors (Lipinski definition) is 5. The Balaban J connectivity index is 4.52. The molecule has 0 aliphatic rings. The van der Waals surface area contributed by atoms with Crippen LogP contribution in [0.5, 0.6) is 0 Å².